The van der Waals surface area contributed by atoms with E-state index >= 15 is 0 Å². The molecule has 0 aromatic carbocycles. The molecule has 1 amide bonds. The van der Waals surface area contributed by atoms with Crippen LogP contribution in [0.4, 0.5) is 11.4 Å². The van der Waals surface area contributed by atoms with Crippen LogP contribution in [0, 0.1) is 5.92 Å². The van der Waals surface area contributed by atoms with E-state index in [4.69, 9.17) is 14.6 Å². The number of carbonyl (C=O) groups is 2. The Labute approximate surface area is 176 Å². The number of amides is 1. The lowest BCUT2D eigenvalue weighted by molar-refractivity contribution is -0.116. The fourth-order valence-electron chi connectivity index (χ4n) is 3.25. The van der Waals surface area contributed by atoms with Crippen molar-refractivity contribution < 1.29 is 24.2 Å². The predicted molar refractivity (Wildman–Crippen MR) is 116 cm³/mol. The van der Waals surface area contributed by atoms with Gasteiger partial charge in [0.1, 0.15) is 5.65 Å². The van der Waals surface area contributed by atoms with Crippen LogP contribution in [0.15, 0.2) is 12.3 Å². The second-order valence-electron chi connectivity index (χ2n) is 7.66. The summed E-state index contributed by atoms with van der Waals surface area (Å²) in [5, 5.41) is 15.9. The lowest BCUT2D eigenvalue weighted by Gasteiger charge is -2.14. The van der Waals surface area contributed by atoms with Gasteiger partial charge in [0.25, 0.3) is 0 Å². The van der Waals surface area contributed by atoms with E-state index in [2.05, 4.69) is 15.6 Å². The summed E-state index contributed by atoms with van der Waals surface area (Å²) in [6.07, 6.45) is 2.57. The number of fused-ring (bicyclic) bond motifs is 1. The van der Waals surface area contributed by atoms with Crippen molar-refractivity contribution >= 4 is 34.3 Å². The minimum atomic E-state index is -0.563. The number of nitrogens with zero attached hydrogens (tertiary/aromatic N) is 2. The molecule has 30 heavy (non-hydrogen) atoms. The molecule has 0 bridgehead atoms. The number of nitrogens with one attached hydrogen (secondary N) is 2. The Kier molecular flexibility index (Phi) is 8.61. The summed E-state index contributed by atoms with van der Waals surface area (Å²) in [5.74, 6) is -0.580. The zero-order valence-electron chi connectivity index (χ0n) is 18.3. The Hall–Kier alpha value is -2.65. The molecule has 2 aromatic heterocycles. The van der Waals surface area contributed by atoms with Gasteiger partial charge < -0.3 is 29.8 Å². The van der Waals surface area contributed by atoms with Crippen molar-refractivity contribution in [1.29, 1.82) is 0 Å². The highest BCUT2D eigenvalue weighted by atomic mass is 16.5. The van der Waals surface area contributed by atoms with Crippen molar-refractivity contribution in [3.63, 3.8) is 0 Å². The number of hydrogen-bond acceptors (Lipinski definition) is 7. The molecule has 2 heterocycles. The lowest BCUT2D eigenvalue weighted by atomic mass is 10.1. The second-order valence-corrected chi connectivity index (χ2v) is 7.66. The Balaban J connectivity index is 2.61. The van der Waals surface area contributed by atoms with E-state index < -0.39 is 5.97 Å². The molecule has 1 atom stereocenters. The Morgan fingerprint density at radius 2 is 2.00 bits per heavy atom. The van der Waals surface area contributed by atoms with Crippen LogP contribution in [0.5, 0.6) is 0 Å². The number of esters is 1. The molecule has 0 aliphatic heterocycles. The van der Waals surface area contributed by atoms with Crippen LogP contribution in [0.25, 0.3) is 11.0 Å². The first-order valence-electron chi connectivity index (χ1n) is 10.1. The molecule has 9 nitrogen and oxygen atoms in total. The first-order chi connectivity index (χ1) is 14.3. The van der Waals surface area contributed by atoms with Gasteiger partial charge >= 0.3 is 5.97 Å². The summed E-state index contributed by atoms with van der Waals surface area (Å²) in [7, 11) is 2.88. The van der Waals surface area contributed by atoms with Crippen molar-refractivity contribution in [2.45, 2.75) is 46.2 Å². The van der Waals surface area contributed by atoms with Crippen molar-refractivity contribution in [2.24, 2.45) is 5.92 Å². The summed E-state index contributed by atoms with van der Waals surface area (Å²) in [6.45, 7) is 6.67. The second kappa shape index (κ2) is 10.9. The fraction of sp³-hybridized carbons (Fsp3) is 0.571. The molecule has 0 spiro atoms. The van der Waals surface area contributed by atoms with Crippen LogP contribution < -0.4 is 10.6 Å². The van der Waals surface area contributed by atoms with Crippen molar-refractivity contribution in [3.8, 4) is 0 Å². The normalized spacial score (nSPS) is 12.2. The molecular weight excluding hydrogens is 388 g/mol. The highest BCUT2D eigenvalue weighted by Crippen LogP contribution is 2.33. The van der Waals surface area contributed by atoms with E-state index in [0.29, 0.717) is 42.7 Å². The lowest BCUT2D eigenvalue weighted by Crippen LogP contribution is -2.19. The molecular formula is C21H32N4O5. The number of pyridine rings is 1. The number of rotatable bonds is 11. The largest absolute Gasteiger partial charge is 0.464 e. The molecule has 0 aliphatic rings. The summed E-state index contributed by atoms with van der Waals surface area (Å²) in [6, 6.07) is 1.88. The third-order valence-electron chi connectivity index (χ3n) is 4.63. The molecule has 0 saturated carbocycles. The van der Waals surface area contributed by atoms with Gasteiger partial charge in [0.2, 0.25) is 5.91 Å². The highest BCUT2D eigenvalue weighted by Gasteiger charge is 2.26. The van der Waals surface area contributed by atoms with Gasteiger partial charge in [0.05, 0.1) is 31.3 Å². The average molecular weight is 421 g/mol. The fourth-order valence-corrected chi connectivity index (χ4v) is 3.25. The van der Waals surface area contributed by atoms with Crippen LogP contribution in [0.2, 0.25) is 0 Å². The summed E-state index contributed by atoms with van der Waals surface area (Å²) in [5.41, 5.74) is 1.88. The van der Waals surface area contributed by atoms with Crippen molar-refractivity contribution in [1.82, 2.24) is 9.55 Å². The van der Waals surface area contributed by atoms with E-state index in [9.17, 15) is 9.59 Å². The summed E-state index contributed by atoms with van der Waals surface area (Å²) < 4.78 is 11.9. The Bertz CT molecular complexity index is 878. The SMILES string of the molecule is COCCn1c(C(=O)OC)c(NC(=O)CC(C)C)c2cc(N[C@@H](C)CCO)cnc21. The van der Waals surface area contributed by atoms with Gasteiger partial charge in [-0.3, -0.25) is 4.79 Å². The molecule has 0 aliphatic carbocycles. The molecule has 0 unspecified atom stereocenters. The van der Waals surface area contributed by atoms with Gasteiger partial charge in [-0.15, -0.1) is 0 Å². The number of ether oxygens (including phenoxy) is 2. The molecule has 166 valence electrons. The maximum absolute atomic E-state index is 12.6. The van der Waals surface area contributed by atoms with E-state index in [1.165, 1.54) is 7.11 Å². The van der Waals surface area contributed by atoms with Gasteiger partial charge in [0.15, 0.2) is 5.69 Å². The number of aromatic nitrogens is 2. The van der Waals surface area contributed by atoms with E-state index in [1.54, 1.807) is 17.9 Å². The van der Waals surface area contributed by atoms with Crippen LogP contribution in [0.3, 0.4) is 0 Å². The number of aliphatic hydroxyl groups is 1. The van der Waals surface area contributed by atoms with Gasteiger partial charge in [-0.05, 0) is 25.3 Å². The van der Waals surface area contributed by atoms with Crippen LogP contribution in [-0.2, 0) is 20.8 Å². The molecule has 0 fully saturated rings. The molecule has 0 radical (unpaired) electrons. The monoisotopic (exact) mass is 420 g/mol. The zero-order valence-corrected chi connectivity index (χ0v) is 18.3. The Morgan fingerprint density at radius 3 is 2.60 bits per heavy atom. The van der Waals surface area contributed by atoms with Gasteiger partial charge in [0, 0.05) is 38.1 Å². The number of anilines is 2. The zero-order chi connectivity index (χ0) is 22.3. The molecule has 2 rings (SSSR count). The van der Waals surface area contributed by atoms with E-state index in [0.717, 1.165) is 5.69 Å². The highest BCUT2D eigenvalue weighted by molar-refractivity contribution is 6.11. The first kappa shape index (κ1) is 23.6. The Morgan fingerprint density at radius 1 is 1.27 bits per heavy atom. The maximum atomic E-state index is 12.6. The minimum Gasteiger partial charge on any atom is -0.464 e. The van der Waals surface area contributed by atoms with Crippen LogP contribution in [0.1, 0.15) is 44.1 Å². The average Bonchev–Trinajstić information content (AvgIpc) is 2.98. The summed E-state index contributed by atoms with van der Waals surface area (Å²) >= 11 is 0. The number of hydrogen-bond donors (Lipinski definition) is 3. The molecule has 0 saturated heterocycles. The quantitative estimate of drug-likeness (QED) is 0.479. The first-order valence-corrected chi connectivity index (χ1v) is 10.1. The molecule has 3 N–H and O–H groups in total. The third-order valence-corrected chi connectivity index (χ3v) is 4.63. The minimum absolute atomic E-state index is 0.0314. The molecule has 9 heteroatoms. The van der Waals surface area contributed by atoms with Gasteiger partial charge in [-0.1, -0.05) is 13.8 Å². The standard InChI is InChI=1S/C21H32N4O5/c1-13(2)10-17(27)24-18-16-11-15(23-14(3)6-8-26)12-22-20(16)25(7-9-29-4)19(18)21(28)30-5/h11-14,23,26H,6-10H2,1-5H3,(H,24,27)/t14-/m0/s1. The van der Waals surface area contributed by atoms with Crippen LogP contribution >= 0.6 is 0 Å². The molecule has 2 aromatic rings. The van der Waals surface area contributed by atoms with Crippen molar-refractivity contribution in [2.75, 3.05) is 38.1 Å². The topological polar surface area (TPSA) is 115 Å². The number of carbonyl (C=O) groups excluding carboxylic acids is 2. The predicted octanol–water partition coefficient (Wildman–Crippen LogP) is 2.64. The van der Waals surface area contributed by atoms with Crippen molar-refractivity contribution in [3.05, 3.63) is 18.0 Å². The van der Waals surface area contributed by atoms with E-state index in [1.807, 2.05) is 26.8 Å². The maximum Gasteiger partial charge on any atom is 0.356 e. The smallest absolute Gasteiger partial charge is 0.356 e. The number of aliphatic hydroxyl groups excluding tert-OH is 1. The van der Waals surface area contributed by atoms with Gasteiger partial charge in [-0.2, -0.15) is 0 Å². The number of methoxy groups -OCH3 is 2. The van der Waals surface area contributed by atoms with E-state index in [-0.39, 0.29) is 30.2 Å². The summed E-state index contributed by atoms with van der Waals surface area (Å²) in [4.78, 5) is 29.7. The van der Waals surface area contributed by atoms with Gasteiger partial charge in [-0.25, -0.2) is 9.78 Å². The van der Waals surface area contributed by atoms with Crippen LogP contribution in [-0.4, -0.2) is 60.0 Å². The third kappa shape index (κ3) is 5.70.